The molecule has 2 heterocycles. The van der Waals surface area contributed by atoms with Gasteiger partial charge in [-0.3, -0.25) is 0 Å². The second kappa shape index (κ2) is 5.10. The minimum Gasteiger partial charge on any atom is -0.389 e. The standard InChI is InChI=1S/C14H16N4S2/c1-7-5-8(2)16-13(11(7)12(15)19)18-14-17-10(6-20-14)9-3-4-9/h5-6,9H,3-4H2,1-2H3,(H2,15,19)(H,16,17,18). The molecule has 20 heavy (non-hydrogen) atoms. The zero-order chi connectivity index (χ0) is 14.3. The third kappa shape index (κ3) is 2.66. The van der Waals surface area contributed by atoms with Crippen molar-refractivity contribution in [3.05, 3.63) is 34.0 Å². The van der Waals surface area contributed by atoms with Gasteiger partial charge in [0.15, 0.2) is 5.13 Å². The molecule has 0 aromatic carbocycles. The molecule has 2 aromatic heterocycles. The Kier molecular flexibility index (Phi) is 3.43. The molecular formula is C14H16N4S2. The zero-order valence-electron chi connectivity index (χ0n) is 11.4. The fraction of sp³-hybridized carbons (Fsp3) is 0.357. The Morgan fingerprint density at radius 1 is 1.40 bits per heavy atom. The monoisotopic (exact) mass is 304 g/mol. The van der Waals surface area contributed by atoms with Crippen LogP contribution < -0.4 is 11.1 Å². The first-order chi connectivity index (χ1) is 9.54. The summed E-state index contributed by atoms with van der Waals surface area (Å²) in [6.45, 7) is 3.95. The predicted octanol–water partition coefficient (Wildman–Crippen LogP) is 3.41. The van der Waals surface area contributed by atoms with Crippen LogP contribution in [0.25, 0.3) is 0 Å². The van der Waals surface area contributed by atoms with E-state index < -0.39 is 0 Å². The Bertz CT molecular complexity index is 674. The number of thiocarbonyl (C=S) groups is 1. The van der Waals surface area contributed by atoms with Crippen LogP contribution in [0.1, 0.15) is 41.3 Å². The third-order valence-corrected chi connectivity index (χ3v) is 4.31. The van der Waals surface area contributed by atoms with E-state index in [0.717, 1.165) is 22.0 Å². The number of nitrogens with zero attached hydrogens (tertiary/aromatic N) is 2. The summed E-state index contributed by atoms with van der Waals surface area (Å²) in [7, 11) is 0. The highest BCUT2D eigenvalue weighted by Crippen LogP contribution is 2.41. The SMILES string of the molecule is Cc1cc(C)c(C(N)=S)c(Nc2nc(C3CC3)cs2)n1. The van der Waals surface area contributed by atoms with Crippen LogP contribution in [-0.2, 0) is 0 Å². The Morgan fingerprint density at radius 3 is 2.80 bits per heavy atom. The van der Waals surface area contributed by atoms with E-state index in [9.17, 15) is 0 Å². The van der Waals surface area contributed by atoms with E-state index in [1.54, 1.807) is 11.3 Å². The third-order valence-electron chi connectivity index (χ3n) is 3.33. The lowest BCUT2D eigenvalue weighted by atomic mass is 10.1. The van der Waals surface area contributed by atoms with Crippen LogP contribution in [0.2, 0.25) is 0 Å². The van der Waals surface area contributed by atoms with Crippen molar-refractivity contribution < 1.29 is 0 Å². The van der Waals surface area contributed by atoms with Crippen molar-refractivity contribution in [2.45, 2.75) is 32.6 Å². The van der Waals surface area contributed by atoms with Crippen molar-refractivity contribution in [1.29, 1.82) is 0 Å². The number of aryl methyl sites for hydroxylation is 2. The first-order valence-corrected chi connectivity index (χ1v) is 7.84. The summed E-state index contributed by atoms with van der Waals surface area (Å²) in [4.78, 5) is 9.48. The summed E-state index contributed by atoms with van der Waals surface area (Å²) in [5.41, 5.74) is 9.76. The summed E-state index contributed by atoms with van der Waals surface area (Å²) < 4.78 is 0. The molecule has 6 heteroatoms. The van der Waals surface area contributed by atoms with Gasteiger partial charge in [-0.25, -0.2) is 9.97 Å². The number of hydrogen-bond donors (Lipinski definition) is 2. The first-order valence-electron chi connectivity index (χ1n) is 6.55. The number of pyridine rings is 1. The number of hydrogen-bond acceptors (Lipinski definition) is 5. The molecule has 3 rings (SSSR count). The molecular weight excluding hydrogens is 288 g/mol. The average molecular weight is 304 g/mol. The van der Waals surface area contributed by atoms with Gasteiger partial charge in [-0.15, -0.1) is 11.3 Å². The molecule has 104 valence electrons. The molecule has 0 amide bonds. The van der Waals surface area contributed by atoms with Crippen molar-refractivity contribution in [3.63, 3.8) is 0 Å². The van der Waals surface area contributed by atoms with Gasteiger partial charge in [-0.05, 0) is 38.3 Å². The summed E-state index contributed by atoms with van der Waals surface area (Å²) in [6, 6.07) is 1.98. The highest BCUT2D eigenvalue weighted by molar-refractivity contribution is 7.80. The van der Waals surface area contributed by atoms with Gasteiger partial charge in [0, 0.05) is 17.0 Å². The Morgan fingerprint density at radius 2 is 2.15 bits per heavy atom. The molecule has 0 aliphatic heterocycles. The average Bonchev–Trinajstić information content (AvgIpc) is 3.09. The second-order valence-corrected chi connectivity index (χ2v) is 6.44. The van der Waals surface area contributed by atoms with Gasteiger partial charge in [0.1, 0.15) is 10.8 Å². The topological polar surface area (TPSA) is 63.8 Å². The van der Waals surface area contributed by atoms with Gasteiger partial charge >= 0.3 is 0 Å². The first kappa shape index (κ1) is 13.5. The molecule has 0 radical (unpaired) electrons. The lowest BCUT2D eigenvalue weighted by Crippen LogP contribution is -2.15. The normalized spacial score (nSPS) is 14.3. The van der Waals surface area contributed by atoms with Gasteiger partial charge in [-0.1, -0.05) is 12.2 Å². The number of thiazole rings is 1. The number of nitrogens with two attached hydrogens (primary N) is 1. The van der Waals surface area contributed by atoms with E-state index in [1.807, 2.05) is 19.9 Å². The van der Waals surface area contributed by atoms with Crippen molar-refractivity contribution in [1.82, 2.24) is 9.97 Å². The Hall–Kier alpha value is -1.53. The van der Waals surface area contributed by atoms with Gasteiger partial charge in [-0.2, -0.15) is 0 Å². The van der Waals surface area contributed by atoms with E-state index in [0.29, 0.717) is 16.7 Å². The molecule has 4 nitrogen and oxygen atoms in total. The summed E-state index contributed by atoms with van der Waals surface area (Å²) in [5.74, 6) is 1.36. The second-order valence-electron chi connectivity index (χ2n) is 5.15. The van der Waals surface area contributed by atoms with Crippen molar-refractivity contribution in [3.8, 4) is 0 Å². The number of anilines is 2. The van der Waals surface area contributed by atoms with Gasteiger partial charge in [0.05, 0.1) is 11.3 Å². The zero-order valence-corrected chi connectivity index (χ0v) is 13.1. The highest BCUT2D eigenvalue weighted by atomic mass is 32.1. The molecule has 0 saturated heterocycles. The lowest BCUT2D eigenvalue weighted by Gasteiger charge is -2.12. The molecule has 0 atom stereocenters. The number of rotatable bonds is 4. The quantitative estimate of drug-likeness (QED) is 0.848. The molecule has 1 saturated carbocycles. The fourth-order valence-electron chi connectivity index (χ4n) is 2.25. The number of aromatic nitrogens is 2. The van der Waals surface area contributed by atoms with Crippen LogP contribution in [0.5, 0.6) is 0 Å². The minimum absolute atomic E-state index is 0.358. The van der Waals surface area contributed by atoms with Gasteiger partial charge < -0.3 is 11.1 Å². The molecule has 3 N–H and O–H groups in total. The van der Waals surface area contributed by atoms with E-state index in [1.165, 1.54) is 18.5 Å². The summed E-state index contributed by atoms with van der Waals surface area (Å²) in [6.07, 6.45) is 2.51. The van der Waals surface area contributed by atoms with Crippen molar-refractivity contribution in [2.75, 3.05) is 5.32 Å². The molecule has 1 fully saturated rings. The summed E-state index contributed by atoms with van der Waals surface area (Å²) >= 11 is 6.73. The van der Waals surface area contributed by atoms with Crippen LogP contribution in [-0.4, -0.2) is 15.0 Å². The Balaban J connectivity index is 1.93. The molecule has 2 aromatic rings. The number of nitrogens with one attached hydrogen (secondary N) is 1. The lowest BCUT2D eigenvalue weighted by molar-refractivity contribution is 1.05. The van der Waals surface area contributed by atoms with Crippen LogP contribution in [0.3, 0.4) is 0 Å². The van der Waals surface area contributed by atoms with Crippen LogP contribution >= 0.6 is 23.6 Å². The largest absolute Gasteiger partial charge is 0.389 e. The van der Waals surface area contributed by atoms with E-state index >= 15 is 0 Å². The van der Waals surface area contributed by atoms with E-state index in [-0.39, 0.29) is 0 Å². The van der Waals surface area contributed by atoms with Crippen LogP contribution in [0.15, 0.2) is 11.4 Å². The van der Waals surface area contributed by atoms with Crippen LogP contribution in [0, 0.1) is 13.8 Å². The minimum atomic E-state index is 0.358. The maximum absolute atomic E-state index is 5.82. The van der Waals surface area contributed by atoms with Crippen LogP contribution in [0.4, 0.5) is 10.9 Å². The smallest absolute Gasteiger partial charge is 0.188 e. The Labute approximate surface area is 127 Å². The highest BCUT2D eigenvalue weighted by Gasteiger charge is 2.26. The van der Waals surface area contributed by atoms with Crippen molar-refractivity contribution in [2.24, 2.45) is 5.73 Å². The molecule has 0 unspecified atom stereocenters. The van der Waals surface area contributed by atoms with E-state index in [2.05, 4.69) is 20.7 Å². The maximum atomic E-state index is 5.82. The molecule has 1 aliphatic carbocycles. The maximum Gasteiger partial charge on any atom is 0.188 e. The molecule has 1 aliphatic rings. The fourth-order valence-corrected chi connectivity index (χ4v) is 3.30. The predicted molar refractivity (Wildman–Crippen MR) is 87.0 cm³/mol. The summed E-state index contributed by atoms with van der Waals surface area (Å²) in [5, 5.41) is 6.23. The van der Waals surface area contributed by atoms with E-state index in [4.69, 9.17) is 18.0 Å². The molecule has 0 bridgehead atoms. The van der Waals surface area contributed by atoms with Gasteiger partial charge in [0.2, 0.25) is 0 Å². The molecule has 0 spiro atoms. The van der Waals surface area contributed by atoms with Gasteiger partial charge in [0.25, 0.3) is 0 Å². The van der Waals surface area contributed by atoms with Crippen molar-refractivity contribution >= 4 is 39.5 Å².